The highest BCUT2D eigenvalue weighted by Crippen LogP contribution is 2.37. The lowest BCUT2D eigenvalue weighted by molar-refractivity contribution is 0.281. The lowest BCUT2D eigenvalue weighted by atomic mass is 9.79. The third kappa shape index (κ3) is 3.67. The molecule has 126 valence electrons. The molecular formula is C18H20FN3O2. The molecule has 0 aliphatic heterocycles. The van der Waals surface area contributed by atoms with Crippen LogP contribution in [0, 0.1) is 5.82 Å². The number of aliphatic hydroxyl groups is 1. The van der Waals surface area contributed by atoms with Crippen LogP contribution in [0.15, 0.2) is 41.5 Å². The van der Waals surface area contributed by atoms with Crippen LogP contribution in [0.1, 0.15) is 25.0 Å². The average Bonchev–Trinajstić information content (AvgIpc) is 2.60. The van der Waals surface area contributed by atoms with Crippen LogP contribution in [0.25, 0.3) is 21.6 Å². The van der Waals surface area contributed by atoms with Gasteiger partial charge in [-0.05, 0) is 45.8 Å². The third-order valence-electron chi connectivity index (χ3n) is 3.99. The van der Waals surface area contributed by atoms with E-state index in [9.17, 15) is 9.50 Å². The van der Waals surface area contributed by atoms with Crippen molar-refractivity contribution in [2.75, 3.05) is 13.7 Å². The fourth-order valence-electron chi connectivity index (χ4n) is 2.62. The van der Waals surface area contributed by atoms with E-state index < -0.39 is 5.41 Å². The van der Waals surface area contributed by atoms with Crippen LogP contribution in [0.2, 0.25) is 0 Å². The lowest BCUT2D eigenvalue weighted by Crippen LogP contribution is -2.22. The predicted octanol–water partition coefficient (Wildman–Crippen LogP) is 4.58. The van der Waals surface area contributed by atoms with Gasteiger partial charge in [0.2, 0.25) is 0 Å². The summed E-state index contributed by atoms with van der Waals surface area (Å²) < 4.78 is 19.6. The summed E-state index contributed by atoms with van der Waals surface area (Å²) >= 11 is 0. The van der Waals surface area contributed by atoms with E-state index in [0.29, 0.717) is 22.4 Å². The molecule has 0 aliphatic carbocycles. The number of halogens is 1. The molecule has 0 amide bonds. The second-order valence-corrected chi connectivity index (χ2v) is 6.16. The number of methoxy groups -OCH3 is 1. The topological polar surface area (TPSA) is 78.2 Å². The zero-order valence-corrected chi connectivity index (χ0v) is 14.0. The standard InChI is InChI=1S/C18H20FN3O2/c1-18(2,11-21-22-20)16-8-12(10-23)4-6-14(16)15-9-13(24-3)5-7-17(15)19/h4-9,23H,10-11H2,1-3H3. The van der Waals surface area contributed by atoms with Crippen molar-refractivity contribution in [3.63, 3.8) is 0 Å². The van der Waals surface area contributed by atoms with Gasteiger partial charge in [0, 0.05) is 17.0 Å². The molecule has 0 saturated carbocycles. The van der Waals surface area contributed by atoms with Gasteiger partial charge in [-0.1, -0.05) is 37.2 Å². The van der Waals surface area contributed by atoms with Gasteiger partial charge in [0.15, 0.2) is 0 Å². The van der Waals surface area contributed by atoms with Crippen LogP contribution < -0.4 is 4.74 Å². The van der Waals surface area contributed by atoms with Gasteiger partial charge in [-0.25, -0.2) is 4.39 Å². The maximum Gasteiger partial charge on any atom is 0.131 e. The van der Waals surface area contributed by atoms with Gasteiger partial charge >= 0.3 is 0 Å². The van der Waals surface area contributed by atoms with E-state index in [1.807, 2.05) is 19.9 Å². The van der Waals surface area contributed by atoms with Gasteiger partial charge < -0.3 is 9.84 Å². The Kier molecular flexibility index (Phi) is 5.44. The second-order valence-electron chi connectivity index (χ2n) is 6.16. The van der Waals surface area contributed by atoms with Crippen molar-refractivity contribution in [1.29, 1.82) is 0 Å². The van der Waals surface area contributed by atoms with Crippen LogP contribution >= 0.6 is 0 Å². The highest BCUT2D eigenvalue weighted by Gasteiger charge is 2.25. The number of hydrogen-bond acceptors (Lipinski definition) is 3. The van der Waals surface area contributed by atoms with E-state index in [-0.39, 0.29) is 19.0 Å². The van der Waals surface area contributed by atoms with E-state index in [4.69, 9.17) is 10.3 Å². The number of nitrogens with zero attached hydrogens (tertiary/aromatic N) is 3. The molecule has 0 aliphatic rings. The number of ether oxygens (including phenoxy) is 1. The minimum absolute atomic E-state index is 0.120. The molecular weight excluding hydrogens is 309 g/mol. The summed E-state index contributed by atoms with van der Waals surface area (Å²) in [6.45, 7) is 3.93. The SMILES string of the molecule is COc1ccc(F)c(-c2ccc(CO)cc2C(C)(C)CN=[N+]=[N-])c1. The summed E-state index contributed by atoms with van der Waals surface area (Å²) in [6, 6.07) is 9.90. The number of benzene rings is 2. The van der Waals surface area contributed by atoms with Crippen molar-refractivity contribution in [1.82, 2.24) is 0 Å². The van der Waals surface area contributed by atoms with E-state index in [2.05, 4.69) is 10.0 Å². The number of aliphatic hydroxyl groups excluding tert-OH is 1. The van der Waals surface area contributed by atoms with E-state index in [1.165, 1.54) is 13.2 Å². The average molecular weight is 329 g/mol. The van der Waals surface area contributed by atoms with Gasteiger partial charge in [-0.15, -0.1) is 0 Å². The van der Waals surface area contributed by atoms with E-state index in [0.717, 1.165) is 5.56 Å². The van der Waals surface area contributed by atoms with Crippen LogP contribution in [0.4, 0.5) is 4.39 Å². The quantitative estimate of drug-likeness (QED) is 0.478. The molecule has 0 saturated heterocycles. The van der Waals surface area contributed by atoms with Crippen LogP contribution in [-0.4, -0.2) is 18.8 Å². The maximum atomic E-state index is 14.4. The molecule has 0 bridgehead atoms. The van der Waals surface area contributed by atoms with Crippen LogP contribution in [0.5, 0.6) is 5.75 Å². The van der Waals surface area contributed by atoms with Gasteiger partial charge in [-0.2, -0.15) is 0 Å². The highest BCUT2D eigenvalue weighted by atomic mass is 19.1. The first-order chi connectivity index (χ1) is 11.4. The Hall–Kier alpha value is -2.56. The van der Waals surface area contributed by atoms with Crippen molar-refractivity contribution >= 4 is 0 Å². The Morgan fingerprint density at radius 2 is 1.96 bits per heavy atom. The van der Waals surface area contributed by atoms with Gasteiger partial charge in [0.25, 0.3) is 0 Å². The minimum Gasteiger partial charge on any atom is -0.497 e. The first kappa shape index (κ1) is 17.8. The highest BCUT2D eigenvalue weighted by molar-refractivity contribution is 5.71. The molecule has 0 fully saturated rings. The molecule has 0 aromatic heterocycles. The fraction of sp³-hybridized carbons (Fsp3) is 0.333. The summed E-state index contributed by atoms with van der Waals surface area (Å²) in [6.07, 6.45) is 0. The molecule has 0 spiro atoms. The minimum atomic E-state index is -0.526. The van der Waals surface area contributed by atoms with Gasteiger partial charge in [0.05, 0.1) is 13.7 Å². The molecule has 6 heteroatoms. The Morgan fingerprint density at radius 3 is 2.58 bits per heavy atom. The van der Waals surface area contributed by atoms with E-state index in [1.54, 1.807) is 24.3 Å². The largest absolute Gasteiger partial charge is 0.497 e. The van der Waals surface area contributed by atoms with Crippen LogP contribution in [-0.2, 0) is 12.0 Å². The lowest BCUT2D eigenvalue weighted by Gasteiger charge is -2.27. The Balaban J connectivity index is 2.68. The summed E-state index contributed by atoms with van der Waals surface area (Å²) in [5.41, 5.74) is 10.7. The maximum absolute atomic E-state index is 14.4. The fourth-order valence-corrected chi connectivity index (χ4v) is 2.62. The smallest absolute Gasteiger partial charge is 0.131 e. The molecule has 1 N–H and O–H groups in total. The monoisotopic (exact) mass is 329 g/mol. The van der Waals surface area contributed by atoms with Crippen molar-refractivity contribution in [2.24, 2.45) is 5.11 Å². The summed E-state index contributed by atoms with van der Waals surface area (Å²) in [7, 11) is 1.53. The van der Waals surface area contributed by atoms with Crippen molar-refractivity contribution < 1.29 is 14.2 Å². The summed E-state index contributed by atoms with van der Waals surface area (Å²) in [5, 5.41) is 13.1. The van der Waals surface area contributed by atoms with Crippen molar-refractivity contribution in [3.8, 4) is 16.9 Å². The number of hydrogen-bond donors (Lipinski definition) is 1. The Labute approximate surface area is 140 Å². The second kappa shape index (κ2) is 7.34. The molecule has 0 heterocycles. The molecule has 2 aromatic rings. The van der Waals surface area contributed by atoms with Gasteiger partial charge in [-0.3, -0.25) is 0 Å². The van der Waals surface area contributed by atoms with Crippen LogP contribution in [0.3, 0.4) is 0 Å². The first-order valence-corrected chi connectivity index (χ1v) is 7.52. The molecule has 2 rings (SSSR count). The van der Waals surface area contributed by atoms with Gasteiger partial charge in [0.1, 0.15) is 11.6 Å². The Morgan fingerprint density at radius 1 is 1.21 bits per heavy atom. The van der Waals surface area contributed by atoms with E-state index >= 15 is 0 Å². The predicted molar refractivity (Wildman–Crippen MR) is 91.3 cm³/mol. The molecule has 2 aromatic carbocycles. The normalized spacial score (nSPS) is 11.0. The summed E-state index contributed by atoms with van der Waals surface area (Å²) in [5.74, 6) is 0.185. The molecule has 0 atom stereocenters. The molecule has 0 unspecified atom stereocenters. The first-order valence-electron chi connectivity index (χ1n) is 7.52. The Bertz CT molecular complexity index is 784. The molecule has 24 heavy (non-hydrogen) atoms. The number of azide groups is 1. The number of rotatable bonds is 6. The molecule has 0 radical (unpaired) electrons. The third-order valence-corrected chi connectivity index (χ3v) is 3.99. The van der Waals surface area contributed by atoms with Crippen molar-refractivity contribution in [2.45, 2.75) is 25.9 Å². The summed E-state index contributed by atoms with van der Waals surface area (Å²) in [4.78, 5) is 2.82. The zero-order chi connectivity index (χ0) is 17.7. The van der Waals surface area contributed by atoms with Crippen molar-refractivity contribution in [3.05, 3.63) is 63.8 Å². The zero-order valence-electron chi connectivity index (χ0n) is 14.0. The molecule has 5 nitrogen and oxygen atoms in total.